The third kappa shape index (κ3) is 4.45. The van der Waals surface area contributed by atoms with Crippen LogP contribution in [0, 0.1) is 0 Å². The monoisotopic (exact) mass is 408 g/mol. The van der Waals surface area contributed by atoms with Crippen LogP contribution in [-0.4, -0.2) is 45.4 Å². The van der Waals surface area contributed by atoms with Crippen LogP contribution < -0.4 is 10.9 Å². The van der Waals surface area contributed by atoms with Crippen molar-refractivity contribution in [2.45, 2.75) is 50.5 Å². The molecule has 7 nitrogen and oxygen atoms in total. The van der Waals surface area contributed by atoms with Crippen LogP contribution in [-0.2, 0) is 7.05 Å². The van der Waals surface area contributed by atoms with E-state index in [1.54, 1.807) is 25.5 Å². The summed E-state index contributed by atoms with van der Waals surface area (Å²) in [5.74, 6) is 0.190. The van der Waals surface area contributed by atoms with E-state index >= 15 is 0 Å². The largest absolute Gasteiger partial charge is 0.349 e. The van der Waals surface area contributed by atoms with Crippen LogP contribution in [0.4, 0.5) is 0 Å². The summed E-state index contributed by atoms with van der Waals surface area (Å²) >= 11 is 0. The van der Waals surface area contributed by atoms with Gasteiger partial charge in [0.2, 0.25) is 5.56 Å². The predicted octanol–water partition coefficient (Wildman–Crippen LogP) is 2.47. The first-order valence-corrected chi connectivity index (χ1v) is 10.7. The Balaban J connectivity index is 1.33. The molecule has 158 valence electrons. The molecular formula is C23H28N4O3. The molecule has 1 N–H and O–H groups in total. The fraction of sp³-hybridized carbons (Fsp3) is 0.478. The summed E-state index contributed by atoms with van der Waals surface area (Å²) in [4.78, 5) is 43.0. The number of aromatic nitrogens is 2. The normalized spacial score (nSPS) is 17.8. The first kappa shape index (κ1) is 20.3. The summed E-state index contributed by atoms with van der Waals surface area (Å²) in [5.41, 5.74) is 1.98. The highest BCUT2D eigenvalue weighted by Gasteiger charge is 2.26. The van der Waals surface area contributed by atoms with Crippen LogP contribution in [0.3, 0.4) is 0 Å². The van der Waals surface area contributed by atoms with Gasteiger partial charge in [0.15, 0.2) is 0 Å². The number of hydrogen-bond donors (Lipinski definition) is 1. The highest BCUT2D eigenvalue weighted by molar-refractivity contribution is 5.94. The summed E-state index contributed by atoms with van der Waals surface area (Å²) in [6, 6.07) is 7.11. The van der Waals surface area contributed by atoms with E-state index in [1.807, 2.05) is 17.0 Å². The summed E-state index contributed by atoms with van der Waals surface area (Å²) in [7, 11) is 1.65. The fourth-order valence-electron chi connectivity index (χ4n) is 4.40. The predicted molar refractivity (Wildman–Crippen MR) is 114 cm³/mol. The molecule has 2 aliphatic rings. The molecule has 2 fully saturated rings. The van der Waals surface area contributed by atoms with E-state index in [-0.39, 0.29) is 23.3 Å². The average molecular weight is 409 g/mol. The van der Waals surface area contributed by atoms with Crippen molar-refractivity contribution in [1.82, 2.24) is 19.8 Å². The number of aryl methyl sites for hydroxylation is 1. The Kier molecular flexibility index (Phi) is 5.97. The van der Waals surface area contributed by atoms with Crippen LogP contribution in [0.2, 0.25) is 0 Å². The van der Waals surface area contributed by atoms with Crippen molar-refractivity contribution in [3.8, 4) is 0 Å². The van der Waals surface area contributed by atoms with E-state index in [0.717, 1.165) is 31.4 Å². The van der Waals surface area contributed by atoms with Crippen LogP contribution in [0.15, 0.2) is 41.5 Å². The van der Waals surface area contributed by atoms with Gasteiger partial charge in [-0.05, 0) is 43.9 Å². The lowest BCUT2D eigenvalue weighted by atomic mass is 9.92. The SMILES string of the molecule is Cn1cc(C(=O)N2CCC(c3ccc(C(=O)NC4CCCC4)cn3)CC2)ccc1=O. The lowest BCUT2D eigenvalue weighted by Crippen LogP contribution is -2.38. The smallest absolute Gasteiger partial charge is 0.255 e. The van der Waals surface area contributed by atoms with Gasteiger partial charge in [0, 0.05) is 56.3 Å². The van der Waals surface area contributed by atoms with Crippen molar-refractivity contribution < 1.29 is 9.59 Å². The molecule has 0 aromatic carbocycles. The minimum absolute atomic E-state index is 0.0429. The molecule has 4 rings (SSSR count). The molecule has 1 saturated carbocycles. The molecule has 0 radical (unpaired) electrons. The molecule has 0 spiro atoms. The number of nitrogens with zero attached hydrogens (tertiary/aromatic N) is 3. The second kappa shape index (κ2) is 8.81. The first-order valence-electron chi connectivity index (χ1n) is 10.7. The zero-order valence-corrected chi connectivity index (χ0v) is 17.3. The van der Waals surface area contributed by atoms with Gasteiger partial charge in [0.05, 0.1) is 11.1 Å². The highest BCUT2D eigenvalue weighted by atomic mass is 16.2. The molecule has 1 aliphatic carbocycles. The number of pyridine rings is 2. The van der Waals surface area contributed by atoms with Crippen LogP contribution in [0.1, 0.15) is 70.9 Å². The molecule has 0 bridgehead atoms. The van der Waals surface area contributed by atoms with E-state index in [0.29, 0.717) is 30.3 Å². The maximum Gasteiger partial charge on any atom is 0.255 e. The molecule has 1 saturated heterocycles. The van der Waals surface area contributed by atoms with Gasteiger partial charge >= 0.3 is 0 Å². The van der Waals surface area contributed by atoms with Gasteiger partial charge in [-0.2, -0.15) is 0 Å². The summed E-state index contributed by atoms with van der Waals surface area (Å²) in [5, 5.41) is 3.09. The van der Waals surface area contributed by atoms with Gasteiger partial charge in [-0.15, -0.1) is 0 Å². The molecule has 2 amide bonds. The van der Waals surface area contributed by atoms with Crippen LogP contribution >= 0.6 is 0 Å². The molecule has 0 atom stereocenters. The van der Waals surface area contributed by atoms with E-state index in [9.17, 15) is 14.4 Å². The molecular weight excluding hydrogens is 380 g/mol. The number of carbonyl (C=O) groups is 2. The Morgan fingerprint density at radius 2 is 1.70 bits per heavy atom. The van der Waals surface area contributed by atoms with E-state index in [1.165, 1.54) is 23.5 Å². The van der Waals surface area contributed by atoms with E-state index in [2.05, 4.69) is 10.3 Å². The van der Waals surface area contributed by atoms with Crippen molar-refractivity contribution in [2.75, 3.05) is 13.1 Å². The lowest BCUT2D eigenvalue weighted by molar-refractivity contribution is 0.0710. The zero-order valence-electron chi connectivity index (χ0n) is 17.3. The Morgan fingerprint density at radius 1 is 1.00 bits per heavy atom. The molecule has 1 aliphatic heterocycles. The minimum Gasteiger partial charge on any atom is -0.349 e. The Labute approximate surface area is 176 Å². The van der Waals surface area contributed by atoms with Gasteiger partial charge in [0.25, 0.3) is 11.8 Å². The Bertz CT molecular complexity index is 969. The first-order chi connectivity index (χ1) is 14.5. The zero-order chi connectivity index (χ0) is 21.1. The van der Waals surface area contributed by atoms with Crippen LogP contribution in [0.25, 0.3) is 0 Å². The van der Waals surface area contributed by atoms with Crippen molar-refractivity contribution in [3.63, 3.8) is 0 Å². The molecule has 30 heavy (non-hydrogen) atoms. The Hall–Kier alpha value is -2.96. The quantitative estimate of drug-likeness (QED) is 0.842. The van der Waals surface area contributed by atoms with Gasteiger partial charge in [-0.1, -0.05) is 12.8 Å². The summed E-state index contributed by atoms with van der Waals surface area (Å²) < 4.78 is 1.42. The third-order valence-corrected chi connectivity index (χ3v) is 6.27. The van der Waals surface area contributed by atoms with Crippen LogP contribution in [0.5, 0.6) is 0 Å². The molecule has 7 heteroatoms. The second-order valence-electron chi connectivity index (χ2n) is 8.36. The number of rotatable bonds is 4. The minimum atomic E-state index is -0.128. The van der Waals surface area contributed by atoms with Crippen molar-refractivity contribution in [3.05, 3.63) is 63.8 Å². The highest BCUT2D eigenvalue weighted by Crippen LogP contribution is 2.27. The van der Waals surface area contributed by atoms with E-state index in [4.69, 9.17) is 0 Å². The summed E-state index contributed by atoms with van der Waals surface area (Å²) in [6.45, 7) is 1.30. The molecule has 0 unspecified atom stereocenters. The fourth-order valence-corrected chi connectivity index (χ4v) is 4.40. The maximum atomic E-state index is 12.7. The number of carbonyl (C=O) groups excluding carboxylic acids is 2. The third-order valence-electron chi connectivity index (χ3n) is 6.27. The lowest BCUT2D eigenvalue weighted by Gasteiger charge is -2.32. The molecule has 2 aromatic heterocycles. The second-order valence-corrected chi connectivity index (χ2v) is 8.36. The van der Waals surface area contributed by atoms with Crippen molar-refractivity contribution >= 4 is 11.8 Å². The number of amides is 2. The van der Waals surface area contributed by atoms with Gasteiger partial charge in [-0.3, -0.25) is 19.4 Å². The average Bonchev–Trinajstić information content (AvgIpc) is 3.28. The standard InChI is InChI=1S/C23H28N4O3/c1-26-15-18(7-9-21(26)28)23(30)27-12-10-16(11-13-27)20-8-6-17(14-24-20)22(29)25-19-4-2-3-5-19/h6-9,14-16,19H,2-5,10-13H2,1H3,(H,25,29). The van der Waals surface area contributed by atoms with Gasteiger partial charge in [-0.25, -0.2) is 0 Å². The number of piperidine rings is 1. The number of hydrogen-bond acceptors (Lipinski definition) is 4. The van der Waals surface area contributed by atoms with Crippen molar-refractivity contribution in [1.29, 1.82) is 0 Å². The summed E-state index contributed by atoms with van der Waals surface area (Å²) in [6.07, 6.45) is 9.42. The number of nitrogens with one attached hydrogen (secondary N) is 1. The molecule has 2 aromatic rings. The van der Waals surface area contributed by atoms with Crippen molar-refractivity contribution in [2.24, 2.45) is 7.05 Å². The Morgan fingerprint density at radius 3 is 2.33 bits per heavy atom. The van der Waals surface area contributed by atoms with Gasteiger partial charge < -0.3 is 14.8 Å². The topological polar surface area (TPSA) is 84.3 Å². The molecule has 3 heterocycles. The number of likely N-dealkylation sites (tertiary alicyclic amines) is 1. The maximum absolute atomic E-state index is 12.7. The van der Waals surface area contributed by atoms with E-state index < -0.39 is 0 Å². The van der Waals surface area contributed by atoms with Gasteiger partial charge in [0.1, 0.15) is 0 Å².